The third-order valence-electron chi connectivity index (χ3n) is 2.72. The van der Waals surface area contributed by atoms with Gasteiger partial charge in [-0.2, -0.15) is 5.10 Å². The highest BCUT2D eigenvalue weighted by molar-refractivity contribution is 5.86. The molecule has 4 N–H and O–H groups in total. The van der Waals surface area contributed by atoms with E-state index in [1.807, 2.05) is 6.92 Å². The van der Waals surface area contributed by atoms with Crippen molar-refractivity contribution < 1.29 is 9.90 Å². The Bertz CT molecular complexity index is 461. The average molecular weight is 248 g/mol. The molecule has 1 aliphatic rings. The highest BCUT2D eigenvalue weighted by Gasteiger charge is 2.26. The maximum atomic E-state index is 11.7. The molecule has 1 aromatic carbocycles. The fourth-order valence-electron chi connectivity index (χ4n) is 1.73. The van der Waals surface area contributed by atoms with Gasteiger partial charge < -0.3 is 5.11 Å². The van der Waals surface area contributed by atoms with Crippen molar-refractivity contribution in [3.8, 4) is 5.75 Å². The van der Waals surface area contributed by atoms with Crippen LogP contribution in [-0.4, -0.2) is 29.3 Å². The van der Waals surface area contributed by atoms with E-state index in [9.17, 15) is 9.90 Å². The van der Waals surface area contributed by atoms with Crippen LogP contribution in [0, 0.1) is 0 Å². The van der Waals surface area contributed by atoms with Crippen LogP contribution in [0.3, 0.4) is 0 Å². The van der Waals surface area contributed by atoms with Crippen molar-refractivity contribution in [2.45, 2.75) is 25.4 Å². The fraction of sp³-hybridized carbons (Fsp3) is 0.333. The van der Waals surface area contributed by atoms with E-state index >= 15 is 0 Å². The third kappa shape index (κ3) is 3.06. The second-order valence-corrected chi connectivity index (χ2v) is 4.27. The second-order valence-electron chi connectivity index (χ2n) is 4.27. The molecule has 0 saturated carbocycles. The number of rotatable bonds is 3. The van der Waals surface area contributed by atoms with E-state index in [1.54, 1.807) is 24.3 Å². The summed E-state index contributed by atoms with van der Waals surface area (Å²) in [6, 6.07) is 6.77. The topological polar surface area (TPSA) is 85.8 Å². The summed E-state index contributed by atoms with van der Waals surface area (Å²) in [5.74, 6) is -0.0664. The summed E-state index contributed by atoms with van der Waals surface area (Å²) in [5, 5.41) is 13.3. The van der Waals surface area contributed by atoms with Crippen LogP contribution >= 0.6 is 0 Å². The van der Waals surface area contributed by atoms with Crippen molar-refractivity contribution in [3.63, 3.8) is 0 Å². The van der Waals surface area contributed by atoms with E-state index < -0.39 is 0 Å². The summed E-state index contributed by atoms with van der Waals surface area (Å²) in [6.07, 6.45) is 2.14. The van der Waals surface area contributed by atoms with Gasteiger partial charge in [-0.05, 0) is 25.5 Å². The Morgan fingerprint density at radius 2 is 2.28 bits per heavy atom. The molecule has 1 saturated heterocycles. The van der Waals surface area contributed by atoms with Crippen molar-refractivity contribution >= 4 is 12.1 Å². The number of carbonyl (C=O) groups excluding carboxylic acids is 1. The molecule has 2 atom stereocenters. The first kappa shape index (κ1) is 12.5. The van der Waals surface area contributed by atoms with Gasteiger partial charge in [0.2, 0.25) is 0 Å². The lowest BCUT2D eigenvalue weighted by atomic mass is 10.1. The number of hydrazone groups is 1. The largest absolute Gasteiger partial charge is 0.507 e. The standard InChI is InChI=1S/C12H16N4O2/c1-8-6-10(15-14-8)12(18)16-13-7-9-4-2-3-5-11(9)17/h2-5,7-8,10,14-15,17H,6H2,1H3,(H,16,18)/b13-7+. The van der Waals surface area contributed by atoms with Crippen molar-refractivity contribution in [2.75, 3.05) is 0 Å². The normalized spacial score (nSPS) is 23.4. The minimum Gasteiger partial charge on any atom is -0.507 e. The molecular weight excluding hydrogens is 232 g/mol. The summed E-state index contributed by atoms with van der Waals surface area (Å²) in [4.78, 5) is 11.7. The quantitative estimate of drug-likeness (QED) is 0.451. The molecule has 2 rings (SSSR count). The van der Waals surface area contributed by atoms with Gasteiger partial charge in [0.15, 0.2) is 0 Å². The number of amides is 1. The molecule has 0 bridgehead atoms. The van der Waals surface area contributed by atoms with E-state index in [0.29, 0.717) is 5.56 Å². The molecule has 6 nitrogen and oxygen atoms in total. The number of nitrogens with one attached hydrogen (secondary N) is 3. The minimum atomic E-state index is -0.276. The van der Waals surface area contributed by atoms with Gasteiger partial charge >= 0.3 is 0 Å². The van der Waals surface area contributed by atoms with Crippen molar-refractivity contribution in [2.24, 2.45) is 5.10 Å². The Labute approximate surface area is 105 Å². The van der Waals surface area contributed by atoms with Crippen molar-refractivity contribution in [1.82, 2.24) is 16.3 Å². The third-order valence-corrected chi connectivity index (χ3v) is 2.72. The Balaban J connectivity index is 1.88. The van der Waals surface area contributed by atoms with Gasteiger partial charge in [0.25, 0.3) is 5.91 Å². The summed E-state index contributed by atoms with van der Waals surface area (Å²) >= 11 is 0. The Morgan fingerprint density at radius 3 is 2.94 bits per heavy atom. The zero-order chi connectivity index (χ0) is 13.0. The summed E-state index contributed by atoms with van der Waals surface area (Å²) < 4.78 is 0. The maximum Gasteiger partial charge on any atom is 0.258 e. The van der Waals surface area contributed by atoms with E-state index in [0.717, 1.165) is 6.42 Å². The lowest BCUT2D eigenvalue weighted by Crippen LogP contribution is -2.41. The van der Waals surface area contributed by atoms with Crippen LogP contribution < -0.4 is 16.3 Å². The number of phenolic OH excluding ortho intramolecular Hbond substituents is 1. The molecule has 2 unspecified atom stereocenters. The molecule has 1 aromatic rings. The molecule has 0 spiro atoms. The zero-order valence-electron chi connectivity index (χ0n) is 10.1. The van der Waals surface area contributed by atoms with Crippen LogP contribution in [0.4, 0.5) is 0 Å². The number of benzene rings is 1. The number of hydrazine groups is 1. The zero-order valence-corrected chi connectivity index (χ0v) is 10.1. The van der Waals surface area contributed by atoms with Crippen LogP contribution in [0.5, 0.6) is 5.75 Å². The lowest BCUT2D eigenvalue weighted by molar-refractivity contribution is -0.122. The number of para-hydroxylation sites is 1. The highest BCUT2D eigenvalue weighted by atomic mass is 16.3. The first-order valence-corrected chi connectivity index (χ1v) is 5.79. The predicted octanol–water partition coefficient (Wildman–Crippen LogP) is 0.0973. The molecule has 1 heterocycles. The summed E-state index contributed by atoms with van der Waals surface area (Å²) in [7, 11) is 0. The molecule has 6 heteroatoms. The van der Waals surface area contributed by atoms with Crippen molar-refractivity contribution in [1.29, 1.82) is 0 Å². The van der Waals surface area contributed by atoms with Crippen LogP contribution in [0.25, 0.3) is 0 Å². The molecule has 0 aliphatic carbocycles. The minimum absolute atomic E-state index is 0.129. The second kappa shape index (κ2) is 5.61. The highest BCUT2D eigenvalue weighted by Crippen LogP contribution is 2.12. The van der Waals surface area contributed by atoms with Crippen molar-refractivity contribution in [3.05, 3.63) is 29.8 Å². The summed E-state index contributed by atoms with van der Waals surface area (Å²) in [5.41, 5.74) is 8.84. The summed E-state index contributed by atoms with van der Waals surface area (Å²) in [6.45, 7) is 1.99. The molecule has 1 aliphatic heterocycles. The van der Waals surface area contributed by atoms with E-state index in [2.05, 4.69) is 21.4 Å². The van der Waals surface area contributed by atoms with Crippen LogP contribution in [0.2, 0.25) is 0 Å². The van der Waals surface area contributed by atoms with Gasteiger partial charge in [0.05, 0.1) is 6.21 Å². The number of nitrogens with zero attached hydrogens (tertiary/aromatic N) is 1. The van der Waals surface area contributed by atoms with E-state index in [4.69, 9.17) is 0 Å². The Kier molecular flexibility index (Phi) is 3.91. The Hall–Kier alpha value is -1.92. The van der Waals surface area contributed by atoms with E-state index in [1.165, 1.54) is 6.21 Å². The molecule has 18 heavy (non-hydrogen) atoms. The van der Waals surface area contributed by atoms with Crippen LogP contribution in [0.15, 0.2) is 29.4 Å². The predicted molar refractivity (Wildman–Crippen MR) is 68.0 cm³/mol. The molecule has 0 aromatic heterocycles. The number of hydrogen-bond acceptors (Lipinski definition) is 5. The smallest absolute Gasteiger partial charge is 0.258 e. The monoisotopic (exact) mass is 248 g/mol. The first-order chi connectivity index (χ1) is 8.66. The number of carbonyl (C=O) groups is 1. The average Bonchev–Trinajstić information content (AvgIpc) is 2.78. The first-order valence-electron chi connectivity index (χ1n) is 5.79. The van der Waals surface area contributed by atoms with Gasteiger partial charge in [-0.15, -0.1) is 0 Å². The number of aromatic hydroxyl groups is 1. The van der Waals surface area contributed by atoms with Gasteiger partial charge in [0, 0.05) is 11.6 Å². The van der Waals surface area contributed by atoms with Gasteiger partial charge in [-0.3, -0.25) is 10.2 Å². The van der Waals surface area contributed by atoms with Gasteiger partial charge in [-0.25, -0.2) is 10.9 Å². The van der Waals surface area contributed by atoms with Gasteiger partial charge in [0.1, 0.15) is 11.8 Å². The van der Waals surface area contributed by atoms with Crippen LogP contribution in [0.1, 0.15) is 18.9 Å². The Morgan fingerprint density at radius 1 is 1.50 bits per heavy atom. The SMILES string of the molecule is CC1CC(C(=O)N/N=C/c2ccccc2O)NN1. The number of hydrogen-bond donors (Lipinski definition) is 4. The number of phenols is 1. The molecule has 0 radical (unpaired) electrons. The molecule has 1 amide bonds. The molecule has 1 fully saturated rings. The molecular formula is C12H16N4O2. The maximum absolute atomic E-state index is 11.7. The fourth-order valence-corrected chi connectivity index (χ4v) is 1.73. The lowest BCUT2D eigenvalue weighted by Gasteiger charge is -2.06. The van der Waals surface area contributed by atoms with Crippen LogP contribution in [-0.2, 0) is 4.79 Å². The van der Waals surface area contributed by atoms with Gasteiger partial charge in [-0.1, -0.05) is 12.1 Å². The van der Waals surface area contributed by atoms with E-state index in [-0.39, 0.29) is 23.7 Å². The molecule has 96 valence electrons.